The van der Waals surface area contributed by atoms with Crippen molar-refractivity contribution >= 4 is 23.2 Å². The minimum atomic E-state index is -0.606. The molecule has 8 heteroatoms. The third kappa shape index (κ3) is 4.65. The van der Waals surface area contributed by atoms with Crippen LogP contribution >= 0.6 is 11.6 Å². The lowest BCUT2D eigenvalue weighted by atomic mass is 10.2. The minimum absolute atomic E-state index is 0.0163. The number of nitro groups is 1. The highest BCUT2D eigenvalue weighted by atomic mass is 35.5. The summed E-state index contributed by atoms with van der Waals surface area (Å²) in [6.45, 7) is 0.319. The van der Waals surface area contributed by atoms with Gasteiger partial charge in [0, 0.05) is 12.1 Å². The van der Waals surface area contributed by atoms with Crippen molar-refractivity contribution in [1.29, 1.82) is 0 Å². The number of nitrogens with one attached hydrogen (secondary N) is 1. The number of hydrogen-bond donors (Lipinski definition) is 1. The number of hydrogen-bond acceptors (Lipinski definition) is 4. The molecule has 0 spiro atoms. The number of halogens is 2. The summed E-state index contributed by atoms with van der Waals surface area (Å²) in [7, 11) is 0. The monoisotopic (exact) mass is 338 g/mol. The van der Waals surface area contributed by atoms with Gasteiger partial charge in [0.2, 0.25) is 0 Å². The van der Waals surface area contributed by atoms with Gasteiger partial charge in [0.25, 0.3) is 11.6 Å². The highest BCUT2D eigenvalue weighted by Gasteiger charge is 2.15. The van der Waals surface area contributed by atoms with Crippen molar-refractivity contribution in [2.24, 2.45) is 0 Å². The summed E-state index contributed by atoms with van der Waals surface area (Å²) in [5.74, 6) is -0.443. The maximum atomic E-state index is 12.7. The van der Waals surface area contributed by atoms with Gasteiger partial charge in [-0.15, -0.1) is 0 Å². The van der Waals surface area contributed by atoms with Crippen molar-refractivity contribution in [1.82, 2.24) is 5.32 Å². The van der Waals surface area contributed by atoms with Crippen molar-refractivity contribution in [2.75, 3.05) is 13.2 Å². The van der Waals surface area contributed by atoms with E-state index in [0.717, 1.165) is 6.07 Å². The Morgan fingerprint density at radius 1 is 1.26 bits per heavy atom. The zero-order chi connectivity index (χ0) is 16.8. The average Bonchev–Trinajstić information content (AvgIpc) is 2.53. The van der Waals surface area contributed by atoms with Gasteiger partial charge in [0.1, 0.15) is 18.2 Å². The normalized spacial score (nSPS) is 10.2. The van der Waals surface area contributed by atoms with E-state index in [1.807, 2.05) is 0 Å². The van der Waals surface area contributed by atoms with E-state index in [1.54, 1.807) is 0 Å². The second-order valence-corrected chi connectivity index (χ2v) is 4.89. The van der Waals surface area contributed by atoms with E-state index in [1.165, 1.54) is 36.4 Å². The summed E-state index contributed by atoms with van der Waals surface area (Å²) < 4.78 is 18.0. The quantitative estimate of drug-likeness (QED) is 0.498. The number of carbonyl (C=O) groups excluding carboxylic acids is 1. The first-order valence-corrected chi connectivity index (χ1v) is 6.95. The van der Waals surface area contributed by atoms with Crippen molar-refractivity contribution in [3.05, 3.63) is 69.0 Å². The highest BCUT2D eigenvalue weighted by molar-refractivity contribution is 6.33. The Morgan fingerprint density at radius 3 is 2.61 bits per heavy atom. The first-order valence-electron chi connectivity index (χ1n) is 6.58. The summed E-state index contributed by atoms with van der Waals surface area (Å²) in [6.07, 6.45) is 0. The number of benzene rings is 2. The Balaban J connectivity index is 1.88. The third-order valence-electron chi connectivity index (χ3n) is 2.88. The standard InChI is InChI=1S/C15H12ClFN2O4/c16-14-6-3-11(19(21)22)9-13(14)15(20)18-7-8-23-12-4-1-10(17)2-5-12/h1-6,9H,7-8H2,(H,18,20). The van der Waals surface area contributed by atoms with E-state index in [0.29, 0.717) is 5.75 Å². The zero-order valence-corrected chi connectivity index (χ0v) is 12.5. The van der Waals surface area contributed by atoms with Gasteiger partial charge in [0.15, 0.2) is 0 Å². The van der Waals surface area contributed by atoms with Crippen molar-refractivity contribution in [2.45, 2.75) is 0 Å². The number of nitrogens with zero attached hydrogens (tertiary/aromatic N) is 1. The predicted molar refractivity (Wildman–Crippen MR) is 82.3 cm³/mol. The van der Waals surface area contributed by atoms with Gasteiger partial charge in [-0.3, -0.25) is 14.9 Å². The van der Waals surface area contributed by atoms with Crippen LogP contribution in [-0.4, -0.2) is 24.0 Å². The van der Waals surface area contributed by atoms with Gasteiger partial charge in [-0.2, -0.15) is 0 Å². The molecule has 2 aromatic carbocycles. The molecule has 2 rings (SSSR count). The van der Waals surface area contributed by atoms with E-state index in [9.17, 15) is 19.3 Å². The molecule has 2 aromatic rings. The number of ether oxygens (including phenoxy) is 1. The largest absolute Gasteiger partial charge is 0.492 e. The maximum absolute atomic E-state index is 12.7. The number of rotatable bonds is 6. The average molecular weight is 339 g/mol. The van der Waals surface area contributed by atoms with Crippen LogP contribution in [0.4, 0.5) is 10.1 Å². The van der Waals surface area contributed by atoms with E-state index in [2.05, 4.69) is 5.32 Å². The molecule has 6 nitrogen and oxygen atoms in total. The maximum Gasteiger partial charge on any atom is 0.270 e. The molecule has 0 heterocycles. The molecule has 0 unspecified atom stereocenters. The molecule has 0 bridgehead atoms. The summed E-state index contributed by atoms with van der Waals surface area (Å²) in [6, 6.07) is 9.08. The van der Waals surface area contributed by atoms with Crippen LogP contribution in [0, 0.1) is 15.9 Å². The SMILES string of the molecule is O=C(NCCOc1ccc(F)cc1)c1cc([N+](=O)[O-])ccc1Cl. The van der Waals surface area contributed by atoms with Gasteiger partial charge in [-0.25, -0.2) is 4.39 Å². The lowest BCUT2D eigenvalue weighted by Gasteiger charge is -2.08. The van der Waals surface area contributed by atoms with E-state index in [4.69, 9.17) is 16.3 Å². The fourth-order valence-electron chi connectivity index (χ4n) is 1.76. The molecule has 120 valence electrons. The fraction of sp³-hybridized carbons (Fsp3) is 0.133. The summed E-state index contributed by atoms with van der Waals surface area (Å²) in [5.41, 5.74) is -0.204. The van der Waals surface area contributed by atoms with Gasteiger partial charge in [0.05, 0.1) is 22.1 Å². The van der Waals surface area contributed by atoms with Crippen molar-refractivity contribution < 1.29 is 18.8 Å². The summed E-state index contributed by atoms with van der Waals surface area (Å²) in [5, 5.41) is 13.4. The lowest BCUT2D eigenvalue weighted by molar-refractivity contribution is -0.384. The smallest absolute Gasteiger partial charge is 0.270 e. The van der Waals surface area contributed by atoms with Crippen LogP contribution in [0.15, 0.2) is 42.5 Å². The number of non-ortho nitro benzene ring substituents is 1. The van der Waals surface area contributed by atoms with Gasteiger partial charge >= 0.3 is 0 Å². The number of nitro benzene ring substituents is 1. The Labute approximate surface area is 136 Å². The van der Waals surface area contributed by atoms with Gasteiger partial charge < -0.3 is 10.1 Å². The molecule has 0 fully saturated rings. The van der Waals surface area contributed by atoms with E-state index < -0.39 is 10.8 Å². The first-order chi connectivity index (χ1) is 11.0. The molecule has 0 radical (unpaired) electrons. The van der Waals surface area contributed by atoms with Crippen LogP contribution in [0.5, 0.6) is 5.75 Å². The van der Waals surface area contributed by atoms with Crippen LogP contribution in [0.2, 0.25) is 5.02 Å². The minimum Gasteiger partial charge on any atom is -0.492 e. The Morgan fingerprint density at radius 2 is 1.96 bits per heavy atom. The zero-order valence-electron chi connectivity index (χ0n) is 11.8. The highest BCUT2D eigenvalue weighted by Crippen LogP contribution is 2.21. The van der Waals surface area contributed by atoms with E-state index >= 15 is 0 Å². The Bertz CT molecular complexity index is 722. The van der Waals surface area contributed by atoms with Crippen LogP contribution in [0.1, 0.15) is 10.4 Å². The molecule has 1 amide bonds. The molecule has 0 atom stereocenters. The molecular weight excluding hydrogens is 327 g/mol. The molecule has 0 aliphatic heterocycles. The molecule has 0 aliphatic rings. The Kier molecular flexibility index (Phi) is 5.48. The van der Waals surface area contributed by atoms with Crippen LogP contribution in [0.3, 0.4) is 0 Å². The van der Waals surface area contributed by atoms with E-state index in [-0.39, 0.29) is 35.2 Å². The van der Waals surface area contributed by atoms with Gasteiger partial charge in [-0.05, 0) is 30.3 Å². The molecule has 0 aromatic heterocycles. The first kappa shape index (κ1) is 16.7. The van der Waals surface area contributed by atoms with Crippen LogP contribution in [0.25, 0.3) is 0 Å². The summed E-state index contributed by atoms with van der Waals surface area (Å²) >= 11 is 5.87. The van der Waals surface area contributed by atoms with Gasteiger partial charge in [-0.1, -0.05) is 11.6 Å². The van der Waals surface area contributed by atoms with Crippen LogP contribution in [-0.2, 0) is 0 Å². The molecule has 0 saturated carbocycles. The molecule has 23 heavy (non-hydrogen) atoms. The van der Waals surface area contributed by atoms with Crippen LogP contribution < -0.4 is 10.1 Å². The molecule has 0 aliphatic carbocycles. The third-order valence-corrected chi connectivity index (χ3v) is 3.20. The number of amides is 1. The number of carbonyl (C=O) groups is 1. The predicted octanol–water partition coefficient (Wildman–Crippen LogP) is 3.20. The lowest BCUT2D eigenvalue weighted by Crippen LogP contribution is -2.28. The fourth-order valence-corrected chi connectivity index (χ4v) is 1.96. The molecule has 1 N–H and O–H groups in total. The van der Waals surface area contributed by atoms with Crippen molar-refractivity contribution in [3.63, 3.8) is 0 Å². The summed E-state index contributed by atoms with van der Waals surface area (Å²) in [4.78, 5) is 22.1. The topological polar surface area (TPSA) is 81.5 Å². The molecular formula is C15H12ClFN2O4. The second kappa shape index (κ2) is 7.55. The second-order valence-electron chi connectivity index (χ2n) is 4.48. The van der Waals surface area contributed by atoms with Crippen molar-refractivity contribution in [3.8, 4) is 5.75 Å². The Hall–Kier alpha value is -2.67. The molecule has 0 saturated heterocycles.